The molecule has 0 saturated carbocycles. The van der Waals surface area contributed by atoms with Crippen LogP contribution in [0, 0.1) is 6.92 Å². The Bertz CT molecular complexity index is 516. The van der Waals surface area contributed by atoms with E-state index in [1.165, 1.54) is 0 Å². The Kier molecular flexibility index (Phi) is 3.49. The van der Waals surface area contributed by atoms with Crippen LogP contribution in [0.5, 0.6) is 0 Å². The molecule has 0 aliphatic heterocycles. The van der Waals surface area contributed by atoms with Gasteiger partial charge in [0.15, 0.2) is 11.6 Å². The van der Waals surface area contributed by atoms with Gasteiger partial charge in [0.2, 0.25) is 0 Å². The van der Waals surface area contributed by atoms with Gasteiger partial charge < -0.3 is 19.4 Å². The third-order valence-corrected chi connectivity index (χ3v) is 2.60. The number of hydrogen-bond donors (Lipinski definition) is 1. The number of rotatable bonds is 5. The first-order chi connectivity index (χ1) is 8.54. The lowest BCUT2D eigenvalue weighted by Gasteiger charge is -2.19. The lowest BCUT2D eigenvalue weighted by Crippen LogP contribution is -2.39. The lowest BCUT2D eigenvalue weighted by atomic mass is 10.1. The topological polar surface area (TPSA) is 87.3 Å². The van der Waals surface area contributed by atoms with Crippen molar-refractivity contribution in [1.29, 1.82) is 0 Å². The third-order valence-electron chi connectivity index (χ3n) is 2.60. The number of aromatic nitrogens is 2. The van der Waals surface area contributed by atoms with E-state index in [4.69, 9.17) is 19.4 Å². The van der Waals surface area contributed by atoms with Gasteiger partial charge in [-0.3, -0.25) is 0 Å². The maximum atomic E-state index is 6.09. The monoisotopic (exact) mass is 251 g/mol. The largest absolute Gasteiger partial charge is 0.459 e. The number of furan rings is 1. The molecule has 0 saturated heterocycles. The maximum Gasteiger partial charge on any atom is 0.293 e. The van der Waals surface area contributed by atoms with Gasteiger partial charge in [-0.25, -0.2) is 0 Å². The molecule has 18 heavy (non-hydrogen) atoms. The smallest absolute Gasteiger partial charge is 0.293 e. The van der Waals surface area contributed by atoms with E-state index in [1.54, 1.807) is 13.2 Å². The first kappa shape index (κ1) is 12.8. The molecular weight excluding hydrogens is 234 g/mol. The fraction of sp³-hybridized carbons (Fsp3) is 0.500. The minimum absolute atomic E-state index is 0.333. The van der Waals surface area contributed by atoms with Crippen LogP contribution >= 0.6 is 0 Å². The normalized spacial score (nSPS) is 14.7. The number of ether oxygens (including phenoxy) is 1. The highest BCUT2D eigenvalue weighted by molar-refractivity contribution is 5.49. The fourth-order valence-corrected chi connectivity index (χ4v) is 1.52. The van der Waals surface area contributed by atoms with Crippen molar-refractivity contribution in [1.82, 2.24) is 10.1 Å². The van der Waals surface area contributed by atoms with Crippen molar-refractivity contribution in [3.05, 3.63) is 23.7 Å². The summed E-state index contributed by atoms with van der Waals surface area (Å²) in [7, 11) is 0. The zero-order chi connectivity index (χ0) is 13.2. The van der Waals surface area contributed by atoms with Crippen LogP contribution in [0.25, 0.3) is 11.7 Å². The van der Waals surface area contributed by atoms with Crippen molar-refractivity contribution in [2.45, 2.75) is 26.3 Å². The van der Waals surface area contributed by atoms with E-state index < -0.39 is 5.54 Å². The molecule has 0 aliphatic carbocycles. The lowest BCUT2D eigenvalue weighted by molar-refractivity contribution is 0.0962. The molecule has 6 heteroatoms. The SMILES string of the molecule is CCOCC(C)(N)c1noc(-c2occc2C)n1. The molecule has 1 atom stereocenters. The average molecular weight is 251 g/mol. The molecule has 0 amide bonds. The van der Waals surface area contributed by atoms with E-state index in [9.17, 15) is 0 Å². The summed E-state index contributed by atoms with van der Waals surface area (Å²) in [5.41, 5.74) is 6.25. The van der Waals surface area contributed by atoms with Gasteiger partial charge in [0, 0.05) is 12.2 Å². The standard InChI is InChI=1S/C12H17N3O3/c1-4-16-7-12(3,13)11-14-10(18-15-11)9-8(2)5-6-17-9/h5-6H,4,7,13H2,1-3H3. The molecule has 2 aromatic rings. The van der Waals surface area contributed by atoms with Gasteiger partial charge in [-0.05, 0) is 26.8 Å². The van der Waals surface area contributed by atoms with Gasteiger partial charge in [-0.2, -0.15) is 4.98 Å². The number of nitrogens with zero attached hydrogens (tertiary/aromatic N) is 2. The summed E-state index contributed by atoms with van der Waals surface area (Å²) in [4.78, 5) is 4.26. The minimum atomic E-state index is -0.780. The van der Waals surface area contributed by atoms with Crippen LogP contribution in [0.3, 0.4) is 0 Å². The summed E-state index contributed by atoms with van der Waals surface area (Å²) in [5, 5.41) is 3.89. The van der Waals surface area contributed by atoms with Crippen LogP contribution in [0.2, 0.25) is 0 Å². The molecule has 0 bridgehead atoms. The van der Waals surface area contributed by atoms with E-state index in [-0.39, 0.29) is 0 Å². The van der Waals surface area contributed by atoms with E-state index >= 15 is 0 Å². The van der Waals surface area contributed by atoms with Gasteiger partial charge in [-0.15, -0.1) is 0 Å². The summed E-state index contributed by atoms with van der Waals surface area (Å²) >= 11 is 0. The van der Waals surface area contributed by atoms with Crippen molar-refractivity contribution in [3.63, 3.8) is 0 Å². The van der Waals surface area contributed by atoms with Crippen molar-refractivity contribution in [2.75, 3.05) is 13.2 Å². The Hall–Kier alpha value is -1.66. The van der Waals surface area contributed by atoms with Crippen molar-refractivity contribution < 1.29 is 13.7 Å². The summed E-state index contributed by atoms with van der Waals surface area (Å²) in [6, 6.07) is 1.83. The van der Waals surface area contributed by atoms with Crippen molar-refractivity contribution >= 4 is 0 Å². The summed E-state index contributed by atoms with van der Waals surface area (Å²) in [6.45, 7) is 6.54. The molecule has 2 rings (SSSR count). The van der Waals surface area contributed by atoms with E-state index in [0.717, 1.165) is 5.56 Å². The summed E-state index contributed by atoms with van der Waals surface area (Å²) < 4.78 is 15.8. The van der Waals surface area contributed by atoms with Gasteiger partial charge >= 0.3 is 0 Å². The van der Waals surface area contributed by atoms with Gasteiger partial charge in [-0.1, -0.05) is 5.16 Å². The molecule has 0 radical (unpaired) electrons. The third kappa shape index (κ3) is 2.44. The molecule has 0 aromatic carbocycles. The fourth-order valence-electron chi connectivity index (χ4n) is 1.52. The van der Waals surface area contributed by atoms with E-state index in [2.05, 4.69) is 10.1 Å². The molecule has 2 heterocycles. The minimum Gasteiger partial charge on any atom is -0.459 e. The molecule has 0 aliphatic rings. The molecular formula is C12H17N3O3. The van der Waals surface area contributed by atoms with Crippen molar-refractivity contribution in [3.8, 4) is 11.7 Å². The van der Waals surface area contributed by atoms with Crippen LogP contribution in [0.1, 0.15) is 25.2 Å². The summed E-state index contributed by atoms with van der Waals surface area (Å²) in [5.74, 6) is 1.31. The van der Waals surface area contributed by atoms with Crippen LogP contribution in [0.15, 0.2) is 21.3 Å². The maximum absolute atomic E-state index is 6.09. The molecule has 0 fully saturated rings. The Labute approximate surface area is 105 Å². The van der Waals surface area contributed by atoms with E-state index in [0.29, 0.717) is 30.7 Å². The Morgan fingerprint density at radius 2 is 2.28 bits per heavy atom. The van der Waals surface area contributed by atoms with Gasteiger partial charge in [0.1, 0.15) is 5.54 Å². The number of aryl methyl sites for hydroxylation is 1. The van der Waals surface area contributed by atoms with Crippen LogP contribution in [-0.4, -0.2) is 23.4 Å². The molecule has 1 unspecified atom stereocenters. The molecule has 98 valence electrons. The number of nitrogens with two attached hydrogens (primary N) is 1. The number of hydrogen-bond acceptors (Lipinski definition) is 6. The second kappa shape index (κ2) is 4.91. The van der Waals surface area contributed by atoms with Crippen molar-refractivity contribution in [2.24, 2.45) is 5.73 Å². The first-order valence-electron chi connectivity index (χ1n) is 5.80. The Balaban J connectivity index is 2.23. The van der Waals surface area contributed by atoms with Crippen LogP contribution in [0.4, 0.5) is 0 Å². The predicted molar refractivity (Wildman–Crippen MR) is 64.8 cm³/mol. The highest BCUT2D eigenvalue weighted by Gasteiger charge is 2.28. The van der Waals surface area contributed by atoms with Crippen LogP contribution < -0.4 is 5.73 Å². The summed E-state index contributed by atoms with van der Waals surface area (Å²) in [6.07, 6.45) is 1.58. The highest BCUT2D eigenvalue weighted by atomic mass is 16.5. The second-order valence-corrected chi connectivity index (χ2v) is 4.41. The average Bonchev–Trinajstić information content (AvgIpc) is 2.94. The zero-order valence-electron chi connectivity index (χ0n) is 10.8. The van der Waals surface area contributed by atoms with E-state index in [1.807, 2.05) is 19.9 Å². The Morgan fingerprint density at radius 1 is 1.50 bits per heavy atom. The van der Waals surface area contributed by atoms with Crippen LogP contribution in [-0.2, 0) is 10.3 Å². The second-order valence-electron chi connectivity index (χ2n) is 4.41. The van der Waals surface area contributed by atoms with Gasteiger partial charge in [0.25, 0.3) is 5.89 Å². The quantitative estimate of drug-likeness (QED) is 0.872. The van der Waals surface area contributed by atoms with Gasteiger partial charge in [0.05, 0.1) is 12.9 Å². The Morgan fingerprint density at radius 3 is 2.89 bits per heavy atom. The first-order valence-corrected chi connectivity index (χ1v) is 5.80. The highest BCUT2D eigenvalue weighted by Crippen LogP contribution is 2.24. The molecule has 2 N–H and O–H groups in total. The molecule has 6 nitrogen and oxygen atoms in total. The molecule has 0 spiro atoms. The molecule has 2 aromatic heterocycles. The predicted octanol–water partition coefficient (Wildman–Crippen LogP) is 1.85. The zero-order valence-corrected chi connectivity index (χ0v) is 10.8.